The first-order valence-electron chi connectivity index (χ1n) is 35.1. The lowest BCUT2D eigenvalue weighted by atomic mass is 9.76. The highest BCUT2D eigenvalue weighted by Gasteiger charge is 2.28. The van der Waals surface area contributed by atoms with Crippen molar-refractivity contribution in [3.8, 4) is 23.0 Å². The number of aromatic nitrogens is 4. The lowest BCUT2D eigenvalue weighted by molar-refractivity contribution is 0.436. The molecule has 0 radical (unpaired) electrons. The van der Waals surface area contributed by atoms with Gasteiger partial charge in [0, 0.05) is 63.3 Å². The van der Waals surface area contributed by atoms with E-state index in [0.29, 0.717) is 15.2 Å². The Labute approximate surface area is 351 Å². The number of rotatable bonds is 5. The first-order chi connectivity index (χ1) is 41.0. The fourth-order valence-electron chi connectivity index (χ4n) is 5.82. The van der Waals surface area contributed by atoms with Crippen LogP contribution < -0.4 is 0 Å². The largest absolute Gasteiger partial charge is 0.294 e. The Kier molecular flexibility index (Phi) is 2.35. The summed E-state index contributed by atoms with van der Waals surface area (Å²) in [5, 5.41) is -3.16. The standard InChI is InChI=1S/C46H42N4/c1-3-16-31(17-4-1)33-24-15-25-34(32-18-5-2-6-19-32)45(33)39-30-44(49-40-26-11-7-20-35(40)36-21-8-12-27-41(36)49)48-46(47-39)50-42-28-13-9-22-37(42)38-23-10-14-29-43(38)50/h7-15,20-32H,1-6,16-19H2/i1D2,2D2,3D2,4D2,5D2,6D2,7D,8D,9D,10D,11D,12D,13D,14D,15D,16D2,17D2,18D2,19D2,20D,21D,22D,23D,24D,25D,26D,27D,28D,29D,31D,32D. The highest BCUT2D eigenvalue weighted by molar-refractivity contribution is 6.10. The van der Waals surface area contributed by atoms with Crippen LogP contribution in [0.5, 0.6) is 0 Å². The zero-order valence-corrected chi connectivity index (χ0v) is 24.9. The molecule has 246 valence electrons. The summed E-state index contributed by atoms with van der Waals surface area (Å²) in [4.78, 5) is 8.91. The van der Waals surface area contributed by atoms with Gasteiger partial charge in [-0.1, -0.05) is 129 Å². The molecule has 0 saturated heterocycles. The lowest BCUT2D eigenvalue weighted by Gasteiger charge is -2.30. The predicted octanol–water partition coefficient (Wildman–Crippen LogP) is 12.4. The minimum atomic E-state index is -4.91. The van der Waals surface area contributed by atoms with Crippen molar-refractivity contribution in [1.82, 2.24) is 19.1 Å². The van der Waals surface area contributed by atoms with Crippen molar-refractivity contribution in [3.63, 3.8) is 0 Å². The number of hydrogen-bond donors (Lipinski definition) is 0. The molecule has 3 heterocycles. The third kappa shape index (κ3) is 4.80. The molecule has 4 heteroatoms. The van der Waals surface area contributed by atoms with Crippen LogP contribution in [0.4, 0.5) is 0 Å². The van der Waals surface area contributed by atoms with Gasteiger partial charge >= 0.3 is 0 Å². The van der Waals surface area contributed by atoms with E-state index in [9.17, 15) is 23.3 Å². The molecule has 2 aliphatic carbocycles. The molecule has 0 spiro atoms. The van der Waals surface area contributed by atoms with Gasteiger partial charge in [0.1, 0.15) is 5.82 Å². The minimum absolute atomic E-state index is 0.314. The molecule has 0 aliphatic heterocycles. The fourth-order valence-corrected chi connectivity index (χ4v) is 5.82. The smallest absolute Gasteiger partial charge is 0.237 e. The van der Waals surface area contributed by atoms with Crippen LogP contribution in [0.25, 0.3) is 66.6 Å². The van der Waals surface area contributed by atoms with Gasteiger partial charge in [-0.15, -0.1) is 0 Å². The van der Waals surface area contributed by atoms with Gasteiger partial charge in [0.25, 0.3) is 0 Å². The van der Waals surface area contributed by atoms with Crippen molar-refractivity contribution >= 4 is 43.6 Å². The van der Waals surface area contributed by atoms with Crippen LogP contribution in [0.1, 0.15) is 143 Å². The molecule has 2 aliphatic rings. The normalized spacial score (nSPS) is 39.4. The zero-order chi connectivity index (χ0) is 69.3. The third-order valence-electron chi connectivity index (χ3n) is 7.83. The van der Waals surface area contributed by atoms with Crippen LogP contribution in [0.15, 0.2) is 121 Å². The van der Waals surface area contributed by atoms with Gasteiger partial charge in [-0.3, -0.25) is 9.13 Å². The number of fused-ring (bicyclic) bond motifs is 6. The molecule has 0 atom stereocenters. The molecule has 10 rings (SSSR count). The Morgan fingerprint density at radius 2 is 0.920 bits per heavy atom. The molecular formula is C46H42N4. The Morgan fingerprint density at radius 1 is 0.500 bits per heavy atom. The number of nitrogens with zero attached hydrogens (tertiary/aromatic N) is 4. The molecule has 4 nitrogen and oxygen atoms in total. The maximum absolute atomic E-state index is 10.2. The quantitative estimate of drug-likeness (QED) is 0.180. The van der Waals surface area contributed by atoms with Gasteiger partial charge in [0.05, 0.1) is 53.8 Å². The van der Waals surface area contributed by atoms with Crippen LogP contribution in [-0.2, 0) is 0 Å². The third-order valence-corrected chi connectivity index (χ3v) is 7.83. The summed E-state index contributed by atoms with van der Waals surface area (Å²) in [6.07, 6.45) is -46.8. The molecule has 0 unspecified atom stereocenters. The summed E-state index contributed by atoms with van der Waals surface area (Å²) in [6.45, 7) is 0. The van der Waals surface area contributed by atoms with Crippen LogP contribution >= 0.6 is 0 Å². The molecule has 0 bridgehead atoms. The van der Waals surface area contributed by atoms with E-state index in [2.05, 4.69) is 9.97 Å². The summed E-state index contributed by atoms with van der Waals surface area (Å²) < 4.78 is 376. The predicted molar refractivity (Wildman–Crippen MR) is 208 cm³/mol. The molecule has 2 saturated carbocycles. The summed E-state index contributed by atoms with van der Waals surface area (Å²) in [6, 6.07) is -23.4. The van der Waals surface area contributed by atoms with Crippen LogP contribution in [-0.4, -0.2) is 19.1 Å². The molecule has 5 aromatic carbocycles. The maximum atomic E-state index is 10.2. The molecule has 3 aromatic heterocycles. The van der Waals surface area contributed by atoms with Crippen molar-refractivity contribution in [1.29, 1.82) is 0 Å². The van der Waals surface area contributed by atoms with Crippen LogP contribution in [0.2, 0.25) is 0 Å². The maximum Gasteiger partial charge on any atom is 0.237 e. The lowest BCUT2D eigenvalue weighted by Crippen LogP contribution is -2.13. The Balaban J connectivity index is 1.64. The van der Waals surface area contributed by atoms with Gasteiger partial charge in [-0.2, -0.15) is 4.98 Å². The number of para-hydroxylation sites is 4. The first kappa shape index (κ1) is 9.55. The van der Waals surface area contributed by atoms with Crippen LogP contribution in [0, 0.1) is 0 Å². The monoisotopic (exact) mass is 692 g/mol. The topological polar surface area (TPSA) is 35.6 Å². The second kappa shape index (κ2) is 12.3. The zero-order valence-electron chi connectivity index (χ0n) is 65.9. The van der Waals surface area contributed by atoms with E-state index in [4.69, 9.17) is 32.9 Å². The van der Waals surface area contributed by atoms with Crippen molar-refractivity contribution in [3.05, 3.63) is 132 Å². The van der Waals surface area contributed by atoms with Gasteiger partial charge in [0.15, 0.2) is 0 Å². The SMILES string of the molecule is [2H]c1c([2H])c(C2([2H])C([2H])([2H])C([2H])([2H])C([2H])([2H])C([2H])([2H])C2([2H])[2H])c(-c2cc(-n3c4c([2H])c([2H])c([2H])c([2H])c4c4c([2H])c([2H])c([2H])c([2H])c43)nc(-n3c4c([2H])c([2H])c([2H])c([2H])c4c4c([2H])c([2H])c([2H])c([2H])c43)n2)c(C2([2H])C([2H])([2H])C([2H])([2H])C([2H])([2H])C([2H])([2H])C2([2H])[2H])c1[2H]. The summed E-state index contributed by atoms with van der Waals surface area (Å²) in [5.41, 5.74) is -11.9. The number of hydrogen-bond acceptors (Lipinski definition) is 2. The summed E-state index contributed by atoms with van der Waals surface area (Å²) >= 11 is 0. The second-order valence-corrected chi connectivity index (χ2v) is 10.5. The van der Waals surface area contributed by atoms with E-state index >= 15 is 0 Å². The van der Waals surface area contributed by atoms with Gasteiger partial charge < -0.3 is 0 Å². The van der Waals surface area contributed by atoms with E-state index in [1.807, 2.05) is 0 Å². The molecule has 2 fully saturated rings. The van der Waals surface area contributed by atoms with E-state index in [-0.39, 0.29) is 0 Å². The Morgan fingerprint density at radius 3 is 1.38 bits per heavy atom. The van der Waals surface area contributed by atoms with Crippen molar-refractivity contribution in [2.45, 2.75) is 75.5 Å². The minimum Gasteiger partial charge on any atom is -0.294 e. The molecule has 8 aromatic rings. The summed E-state index contributed by atoms with van der Waals surface area (Å²) in [5.74, 6) is -12.5. The Hall–Kier alpha value is -5.22. The van der Waals surface area contributed by atoms with E-state index < -0.39 is 268 Å². The van der Waals surface area contributed by atoms with Crippen molar-refractivity contribution in [2.75, 3.05) is 0 Å². The van der Waals surface area contributed by atoms with Gasteiger partial charge in [0.2, 0.25) is 5.95 Å². The average Bonchev–Trinajstić information content (AvgIpc) is 1.49. The molecule has 0 N–H and O–H groups in total. The molecule has 0 amide bonds. The van der Waals surface area contributed by atoms with Crippen LogP contribution in [0.3, 0.4) is 0 Å². The molecule has 50 heavy (non-hydrogen) atoms. The van der Waals surface area contributed by atoms with Gasteiger partial charge in [-0.05, 0) is 72.6 Å². The second-order valence-electron chi connectivity index (χ2n) is 10.5. The molecular weight excluding hydrogens is 609 g/mol. The van der Waals surface area contributed by atoms with Crippen molar-refractivity contribution in [2.24, 2.45) is 0 Å². The van der Waals surface area contributed by atoms with E-state index in [1.165, 1.54) is 0 Å². The highest BCUT2D eigenvalue weighted by atomic mass is 15.2. The Bertz CT molecular complexity index is 4150. The fraction of sp³-hybridized carbons (Fsp3) is 0.261. The van der Waals surface area contributed by atoms with E-state index in [1.54, 1.807) is 0 Å². The number of benzene rings is 5. The summed E-state index contributed by atoms with van der Waals surface area (Å²) in [7, 11) is 0. The van der Waals surface area contributed by atoms with Gasteiger partial charge in [-0.25, -0.2) is 4.98 Å². The van der Waals surface area contributed by atoms with Crippen molar-refractivity contribution < 1.29 is 56.2 Å². The highest BCUT2D eigenvalue weighted by Crippen LogP contribution is 2.45. The van der Waals surface area contributed by atoms with E-state index in [0.717, 1.165) is 0 Å². The first-order valence-corrected chi connectivity index (χ1v) is 14.6. The average molecular weight is 692 g/mol.